The number of rotatable bonds is 3. The highest BCUT2D eigenvalue weighted by Crippen LogP contribution is 2.31. The Morgan fingerprint density at radius 1 is 1.06 bits per heavy atom. The highest BCUT2D eigenvalue weighted by atomic mass is 19.4. The average molecular weight is 461 g/mol. The van der Waals surface area contributed by atoms with Gasteiger partial charge < -0.3 is 10.1 Å². The molecule has 1 aromatic carbocycles. The lowest BCUT2D eigenvalue weighted by atomic mass is 10.1. The Labute approximate surface area is 186 Å². The van der Waals surface area contributed by atoms with E-state index in [1.807, 2.05) is 6.07 Å². The number of aromatic nitrogens is 2. The zero-order chi connectivity index (χ0) is 24.0. The van der Waals surface area contributed by atoms with Crippen LogP contribution in [0.3, 0.4) is 0 Å². The van der Waals surface area contributed by atoms with Gasteiger partial charge in [0.25, 0.3) is 5.91 Å². The maximum absolute atomic E-state index is 12.4. The maximum Gasteiger partial charge on any atom is 0.419 e. The predicted molar refractivity (Wildman–Crippen MR) is 110 cm³/mol. The lowest BCUT2D eigenvalue weighted by Crippen LogP contribution is -2.33. The molecule has 0 fully saturated rings. The number of ether oxygens (including phenoxy) is 1. The van der Waals surface area contributed by atoms with E-state index in [0.29, 0.717) is 30.4 Å². The van der Waals surface area contributed by atoms with E-state index in [1.54, 1.807) is 24.4 Å². The van der Waals surface area contributed by atoms with Gasteiger partial charge in [0.05, 0.1) is 18.2 Å². The molecule has 172 valence electrons. The Hall–Kier alpha value is -3.82. The number of benzene rings is 1. The second kappa shape index (κ2) is 10.2. The molecule has 6 nitrogen and oxygen atoms in total. The number of nitrogens with zero attached hydrogens (tertiary/aromatic N) is 2. The summed E-state index contributed by atoms with van der Waals surface area (Å²) >= 11 is 0. The first-order chi connectivity index (χ1) is 15.7. The first-order valence-corrected chi connectivity index (χ1v) is 9.84. The Morgan fingerprint density at radius 3 is 2.42 bits per heavy atom. The van der Waals surface area contributed by atoms with Gasteiger partial charge >= 0.3 is 6.18 Å². The van der Waals surface area contributed by atoms with Gasteiger partial charge in [-0.15, -0.1) is 0 Å². The topological polar surface area (TPSA) is 81.2 Å². The van der Waals surface area contributed by atoms with Crippen molar-refractivity contribution in [3.63, 3.8) is 0 Å². The van der Waals surface area contributed by atoms with E-state index in [4.69, 9.17) is 4.74 Å². The van der Waals surface area contributed by atoms with Gasteiger partial charge in [0.15, 0.2) is 5.78 Å². The number of nitrogens with one attached hydrogen (secondary N) is 1. The molecule has 0 spiro atoms. The first-order valence-electron chi connectivity index (χ1n) is 9.84. The van der Waals surface area contributed by atoms with Crippen LogP contribution >= 0.6 is 0 Å². The molecule has 1 aliphatic rings. The first kappa shape index (κ1) is 23.8. The average Bonchev–Trinajstić information content (AvgIpc) is 2.79. The van der Waals surface area contributed by atoms with Gasteiger partial charge in [-0.1, -0.05) is 12.1 Å². The van der Waals surface area contributed by atoms with Crippen molar-refractivity contribution >= 4 is 11.7 Å². The zero-order valence-electron chi connectivity index (χ0n) is 17.4. The van der Waals surface area contributed by atoms with E-state index in [-0.39, 0.29) is 23.4 Å². The van der Waals surface area contributed by atoms with Gasteiger partial charge in [0.1, 0.15) is 23.0 Å². The van der Waals surface area contributed by atoms with Crippen LogP contribution in [0.5, 0.6) is 5.75 Å². The van der Waals surface area contributed by atoms with E-state index in [0.717, 1.165) is 17.8 Å². The van der Waals surface area contributed by atoms with Crippen LogP contribution in [0.4, 0.5) is 17.6 Å². The second-order valence-electron chi connectivity index (χ2n) is 7.02. The number of carbonyl (C=O) groups is 2. The summed E-state index contributed by atoms with van der Waals surface area (Å²) in [5.74, 6) is -0.917. The number of pyridine rings is 2. The molecule has 1 N–H and O–H groups in total. The molecule has 4 rings (SSSR count). The summed E-state index contributed by atoms with van der Waals surface area (Å²) < 4.78 is 53.3. The summed E-state index contributed by atoms with van der Waals surface area (Å²) in [6.07, 6.45) is -0.855. The van der Waals surface area contributed by atoms with Gasteiger partial charge in [0, 0.05) is 24.4 Å². The molecule has 10 heteroatoms. The summed E-state index contributed by atoms with van der Waals surface area (Å²) in [7, 11) is 0. The Morgan fingerprint density at radius 2 is 1.82 bits per heavy atom. The lowest BCUT2D eigenvalue weighted by molar-refractivity contribution is -0.140. The molecule has 1 aliphatic heterocycles. The van der Waals surface area contributed by atoms with E-state index < -0.39 is 17.6 Å². The molecule has 0 aliphatic carbocycles. The SMILES string of the molecule is CC(=O)c1ccc(C(=O)NC2CCOc3cccnc32)nc1.Fc1ccccc1C(F)(F)F. The van der Waals surface area contributed by atoms with Crippen LogP contribution in [0, 0.1) is 5.82 Å². The molecule has 1 unspecified atom stereocenters. The molecule has 0 saturated carbocycles. The van der Waals surface area contributed by atoms with Crippen LogP contribution in [-0.2, 0) is 6.18 Å². The standard InChI is InChI=1S/C16H15N3O3.C7H4F4/c1-10(20)11-4-5-13(18-9-11)16(21)19-12-6-8-22-14-3-2-7-17-15(12)14;8-6-4-2-1-3-5(6)7(9,10)11/h2-5,7,9,12H,6,8H2,1H3,(H,19,21);1-4H. The van der Waals surface area contributed by atoms with E-state index in [2.05, 4.69) is 15.3 Å². The van der Waals surface area contributed by atoms with Crippen LogP contribution in [0.25, 0.3) is 0 Å². The third kappa shape index (κ3) is 6.12. The number of Topliss-reactive ketones (excluding diaryl/α,β-unsaturated/α-hetero) is 1. The highest BCUT2D eigenvalue weighted by Gasteiger charge is 2.33. The van der Waals surface area contributed by atoms with Crippen molar-refractivity contribution in [2.45, 2.75) is 25.6 Å². The summed E-state index contributed by atoms with van der Waals surface area (Å²) in [5, 5.41) is 2.91. The van der Waals surface area contributed by atoms with Crippen molar-refractivity contribution in [2.75, 3.05) is 6.61 Å². The van der Waals surface area contributed by atoms with Gasteiger partial charge in [-0.25, -0.2) is 4.39 Å². The molecular weight excluding hydrogens is 442 g/mol. The Kier molecular flexibility index (Phi) is 7.37. The summed E-state index contributed by atoms with van der Waals surface area (Å²) in [5.41, 5.74) is 0.256. The quantitative estimate of drug-likeness (QED) is 0.449. The number of amides is 1. The summed E-state index contributed by atoms with van der Waals surface area (Å²) in [6.45, 7) is 1.99. The largest absolute Gasteiger partial charge is 0.491 e. The number of ketones is 1. The number of halogens is 4. The maximum atomic E-state index is 12.4. The normalized spacial score (nSPS) is 14.8. The van der Waals surface area contributed by atoms with E-state index >= 15 is 0 Å². The highest BCUT2D eigenvalue weighted by molar-refractivity contribution is 5.96. The number of fused-ring (bicyclic) bond motifs is 1. The fourth-order valence-electron chi connectivity index (χ4n) is 3.01. The number of carbonyl (C=O) groups excluding carboxylic acids is 2. The van der Waals surface area contributed by atoms with E-state index in [1.165, 1.54) is 19.2 Å². The van der Waals surface area contributed by atoms with Gasteiger partial charge in [-0.05, 0) is 43.3 Å². The van der Waals surface area contributed by atoms with Gasteiger partial charge in [-0.2, -0.15) is 13.2 Å². The van der Waals surface area contributed by atoms with Crippen molar-refractivity contribution in [2.24, 2.45) is 0 Å². The molecule has 1 amide bonds. The number of hydrogen-bond donors (Lipinski definition) is 1. The Balaban J connectivity index is 0.000000235. The third-order valence-corrected chi connectivity index (χ3v) is 4.68. The number of alkyl halides is 3. The van der Waals surface area contributed by atoms with Crippen LogP contribution in [-0.4, -0.2) is 28.3 Å². The summed E-state index contributed by atoms with van der Waals surface area (Å²) in [4.78, 5) is 31.8. The molecule has 0 saturated heterocycles. The van der Waals surface area contributed by atoms with Crippen LogP contribution < -0.4 is 10.1 Å². The minimum atomic E-state index is -4.59. The van der Waals surface area contributed by atoms with E-state index in [9.17, 15) is 27.2 Å². The molecule has 3 heterocycles. The minimum Gasteiger partial charge on any atom is -0.491 e. The summed E-state index contributed by atoms with van der Waals surface area (Å²) in [6, 6.07) is 10.4. The van der Waals surface area contributed by atoms with Crippen molar-refractivity contribution in [3.8, 4) is 5.75 Å². The number of hydrogen-bond acceptors (Lipinski definition) is 5. The van der Waals surface area contributed by atoms with Gasteiger partial charge in [-0.3, -0.25) is 19.6 Å². The van der Waals surface area contributed by atoms with Crippen LogP contribution in [0.1, 0.15) is 51.5 Å². The smallest absolute Gasteiger partial charge is 0.419 e. The predicted octanol–water partition coefficient (Wildman–Crippen LogP) is 4.78. The van der Waals surface area contributed by atoms with Crippen LogP contribution in [0.2, 0.25) is 0 Å². The van der Waals surface area contributed by atoms with Crippen molar-refractivity contribution in [3.05, 3.63) is 89.3 Å². The van der Waals surface area contributed by atoms with Crippen molar-refractivity contribution < 1.29 is 31.9 Å². The molecule has 2 aromatic heterocycles. The Bertz CT molecular complexity index is 1130. The fourth-order valence-corrected chi connectivity index (χ4v) is 3.01. The van der Waals surface area contributed by atoms with Gasteiger partial charge in [0.2, 0.25) is 0 Å². The van der Waals surface area contributed by atoms with Crippen molar-refractivity contribution in [1.82, 2.24) is 15.3 Å². The zero-order valence-corrected chi connectivity index (χ0v) is 17.4. The minimum absolute atomic E-state index is 0.0815. The lowest BCUT2D eigenvalue weighted by Gasteiger charge is -2.25. The molecular formula is C23H19F4N3O3. The molecule has 0 bridgehead atoms. The molecule has 33 heavy (non-hydrogen) atoms. The molecule has 3 aromatic rings. The fraction of sp³-hybridized carbons (Fsp3) is 0.217. The second-order valence-corrected chi connectivity index (χ2v) is 7.02. The molecule has 0 radical (unpaired) electrons. The third-order valence-electron chi connectivity index (χ3n) is 4.68. The van der Waals surface area contributed by atoms with Crippen molar-refractivity contribution in [1.29, 1.82) is 0 Å². The van der Waals surface area contributed by atoms with Crippen LogP contribution in [0.15, 0.2) is 60.9 Å². The monoisotopic (exact) mass is 461 g/mol. The molecule has 1 atom stereocenters.